The minimum absolute atomic E-state index is 0.0347. The number of nitrogens with two attached hydrogens (primary N) is 1. The van der Waals surface area contributed by atoms with Gasteiger partial charge in [-0.3, -0.25) is 4.57 Å². The van der Waals surface area contributed by atoms with E-state index in [-0.39, 0.29) is 5.82 Å². The molecule has 0 amide bonds. The highest BCUT2D eigenvalue weighted by molar-refractivity contribution is 6.92. The maximum absolute atomic E-state index is 13.2. The first-order valence-corrected chi connectivity index (χ1v) is 13.5. The highest BCUT2D eigenvalue weighted by Crippen LogP contribution is 2.31. The zero-order valence-electron chi connectivity index (χ0n) is 18.6. The summed E-state index contributed by atoms with van der Waals surface area (Å²) in [6, 6.07) is 11.8. The first-order valence-electron chi connectivity index (χ1n) is 10.9. The van der Waals surface area contributed by atoms with E-state index in [1.165, 1.54) is 12.3 Å². The van der Waals surface area contributed by atoms with E-state index in [1.54, 1.807) is 12.1 Å². The number of anilines is 1. The predicted octanol–water partition coefficient (Wildman–Crippen LogP) is 1.02. The average molecular weight is 462 g/mol. The number of aliphatic hydroxyl groups is 2. The third-order valence-electron chi connectivity index (χ3n) is 6.61. The van der Waals surface area contributed by atoms with Crippen molar-refractivity contribution in [2.45, 2.75) is 63.4 Å². The summed E-state index contributed by atoms with van der Waals surface area (Å²) in [5, 5.41) is 21.6. The fraction of sp³-hybridized carbons (Fsp3) is 0.500. The second kappa shape index (κ2) is 9.95. The van der Waals surface area contributed by atoms with E-state index in [4.69, 9.17) is 15.2 Å². The second-order valence-corrected chi connectivity index (χ2v) is 13.3. The Bertz CT molecular complexity index is 1000. The van der Waals surface area contributed by atoms with Crippen molar-refractivity contribution >= 4 is 25.0 Å². The Hall–Kier alpha value is -2.53. The average Bonchev–Trinajstić information content (AvgIpc) is 3.11. The van der Waals surface area contributed by atoms with Crippen LogP contribution in [-0.4, -0.2) is 58.7 Å². The van der Waals surface area contributed by atoms with E-state index in [1.807, 2.05) is 12.1 Å². The summed E-state index contributed by atoms with van der Waals surface area (Å²) in [7, 11) is -1.89. The molecule has 4 atom stereocenters. The summed E-state index contributed by atoms with van der Waals surface area (Å²) in [6.45, 7) is 5.96. The molecule has 0 saturated carbocycles. The van der Waals surface area contributed by atoms with Crippen LogP contribution in [-0.2, 0) is 9.47 Å². The van der Waals surface area contributed by atoms with Gasteiger partial charge in [0.2, 0.25) is 0 Å². The molecule has 0 unspecified atom stereocenters. The van der Waals surface area contributed by atoms with Crippen molar-refractivity contribution in [3.05, 3.63) is 52.6 Å². The molecule has 1 fully saturated rings. The summed E-state index contributed by atoms with van der Waals surface area (Å²) >= 11 is 0. The summed E-state index contributed by atoms with van der Waals surface area (Å²) in [6.07, 6.45) is -3.36. The van der Waals surface area contributed by atoms with E-state index in [0.717, 1.165) is 27.9 Å². The molecular weight excluding hydrogens is 430 g/mol. The molecule has 0 radical (unpaired) electrons. The highest BCUT2D eigenvalue weighted by Gasteiger charge is 2.47. The number of rotatable bonds is 8. The number of aromatic nitrogens is 2. The lowest BCUT2D eigenvalue weighted by Crippen LogP contribution is -2.49. The number of benzene rings is 1. The van der Waals surface area contributed by atoms with Crippen LogP contribution in [0.5, 0.6) is 0 Å². The maximum atomic E-state index is 13.2. The van der Waals surface area contributed by atoms with Gasteiger partial charge in [0.25, 0.3) is 0 Å². The molecule has 32 heavy (non-hydrogen) atoms. The van der Waals surface area contributed by atoms with Crippen molar-refractivity contribution in [2.24, 2.45) is 0 Å². The lowest BCUT2D eigenvalue weighted by atomic mass is 10.1. The molecule has 174 valence electrons. The van der Waals surface area contributed by atoms with Gasteiger partial charge in [0.05, 0.1) is 20.2 Å². The number of aliphatic hydroxyl groups excluding tert-OH is 2. The number of hydrogen-bond acceptors (Lipinski definition) is 8. The third-order valence-corrected chi connectivity index (χ3v) is 12.2. The van der Waals surface area contributed by atoms with Crippen molar-refractivity contribution in [2.75, 3.05) is 12.3 Å². The monoisotopic (exact) mass is 461 g/mol. The van der Waals surface area contributed by atoms with Gasteiger partial charge in [0.15, 0.2) is 12.3 Å². The zero-order chi connectivity index (χ0) is 23.5. The summed E-state index contributed by atoms with van der Waals surface area (Å²) in [5.74, 6) is -0.546. The Balaban J connectivity index is 1.90. The molecule has 0 aliphatic carbocycles. The van der Waals surface area contributed by atoms with Crippen LogP contribution in [0.25, 0.3) is 0 Å². The lowest BCUT2D eigenvalue weighted by molar-refractivity contribution is -0.0562. The largest absolute Gasteiger partial charge is 0.453 e. The molecule has 0 spiro atoms. The fourth-order valence-electron chi connectivity index (χ4n) is 4.49. The minimum Gasteiger partial charge on any atom is -0.453 e. The van der Waals surface area contributed by atoms with E-state index >= 15 is 0 Å². The SMILES string of the molecule is CC[Si](CC)(CC)c1ccccc1C(=O)O[C@H]1[C@@H](O)[C@H](n2ccc(N)nc2=O)O[C@@H]1CO. The molecule has 1 aromatic carbocycles. The molecule has 10 heteroatoms. The van der Waals surface area contributed by atoms with Crippen LogP contribution in [0.3, 0.4) is 0 Å². The first-order chi connectivity index (χ1) is 15.3. The van der Waals surface area contributed by atoms with Crippen molar-refractivity contribution < 1.29 is 24.5 Å². The van der Waals surface area contributed by atoms with Gasteiger partial charge in [-0.2, -0.15) is 4.98 Å². The molecule has 0 bridgehead atoms. The van der Waals surface area contributed by atoms with Crippen LogP contribution in [0.2, 0.25) is 18.1 Å². The second-order valence-electron chi connectivity index (χ2n) is 8.04. The number of esters is 1. The van der Waals surface area contributed by atoms with Crippen molar-refractivity contribution in [1.29, 1.82) is 0 Å². The van der Waals surface area contributed by atoms with Crippen molar-refractivity contribution in [1.82, 2.24) is 9.55 Å². The molecule has 9 nitrogen and oxygen atoms in total. The Kier molecular flexibility index (Phi) is 7.50. The van der Waals surface area contributed by atoms with Gasteiger partial charge in [-0.05, 0) is 17.3 Å². The van der Waals surface area contributed by atoms with E-state index in [0.29, 0.717) is 5.56 Å². The van der Waals surface area contributed by atoms with Crippen LogP contribution in [0.1, 0.15) is 37.4 Å². The topological polar surface area (TPSA) is 137 Å². The number of carbonyl (C=O) groups excluding carboxylic acids is 1. The van der Waals surface area contributed by atoms with Crippen LogP contribution in [0.4, 0.5) is 5.82 Å². The molecule has 1 saturated heterocycles. The van der Waals surface area contributed by atoms with Crippen LogP contribution >= 0.6 is 0 Å². The standard InChI is InChI=1S/C22H31N3O6Si/c1-4-32(5-2,6-3)16-10-8-7-9-14(16)21(28)31-19-15(13-26)30-20(18(19)27)25-12-11-17(23)24-22(25)29/h7-12,15,18-20,26-27H,4-6,13H2,1-3H3,(H2,23,24,29)/t15-,18-,19-,20-/m1/s1. The predicted molar refractivity (Wildman–Crippen MR) is 122 cm³/mol. The Morgan fingerprint density at radius 1 is 1.22 bits per heavy atom. The Morgan fingerprint density at radius 2 is 1.88 bits per heavy atom. The van der Waals surface area contributed by atoms with Crippen LogP contribution < -0.4 is 16.6 Å². The van der Waals surface area contributed by atoms with Gasteiger partial charge in [-0.25, -0.2) is 9.59 Å². The van der Waals surface area contributed by atoms with Gasteiger partial charge < -0.3 is 25.4 Å². The Morgan fingerprint density at radius 3 is 2.47 bits per heavy atom. The quantitative estimate of drug-likeness (QED) is 0.391. The van der Waals surface area contributed by atoms with E-state index in [2.05, 4.69) is 25.8 Å². The number of nitrogens with zero attached hydrogens (tertiary/aromatic N) is 2. The highest BCUT2D eigenvalue weighted by atomic mass is 28.3. The summed E-state index contributed by atoms with van der Waals surface area (Å²) in [4.78, 5) is 29.1. The Labute approximate surface area is 187 Å². The summed E-state index contributed by atoms with van der Waals surface area (Å²) < 4.78 is 12.4. The van der Waals surface area contributed by atoms with Crippen molar-refractivity contribution in [3.8, 4) is 0 Å². The molecular formula is C22H31N3O6Si. The third kappa shape index (κ3) is 4.36. The van der Waals surface area contributed by atoms with Crippen LogP contribution in [0, 0.1) is 0 Å². The van der Waals surface area contributed by atoms with Gasteiger partial charge >= 0.3 is 11.7 Å². The number of hydrogen-bond donors (Lipinski definition) is 3. The molecule has 1 aliphatic rings. The van der Waals surface area contributed by atoms with Crippen molar-refractivity contribution in [3.63, 3.8) is 0 Å². The maximum Gasteiger partial charge on any atom is 0.351 e. The smallest absolute Gasteiger partial charge is 0.351 e. The van der Waals surface area contributed by atoms with Gasteiger partial charge in [0.1, 0.15) is 18.0 Å². The normalized spacial score (nSPS) is 23.3. The minimum atomic E-state index is -1.89. The number of nitrogen functional groups attached to an aromatic ring is 1. The van der Waals surface area contributed by atoms with Gasteiger partial charge in [-0.1, -0.05) is 57.1 Å². The van der Waals surface area contributed by atoms with Crippen LogP contribution in [0.15, 0.2) is 41.3 Å². The first kappa shape index (κ1) is 24.1. The molecule has 3 rings (SSSR count). The fourth-order valence-corrected chi connectivity index (χ4v) is 8.34. The lowest BCUT2D eigenvalue weighted by Gasteiger charge is -2.30. The number of ether oxygens (including phenoxy) is 2. The molecule has 1 aliphatic heterocycles. The molecule has 2 aromatic rings. The van der Waals surface area contributed by atoms with E-state index in [9.17, 15) is 19.8 Å². The zero-order valence-corrected chi connectivity index (χ0v) is 19.6. The molecule has 1 aromatic heterocycles. The molecule has 4 N–H and O–H groups in total. The van der Waals surface area contributed by atoms with E-state index < -0.39 is 50.9 Å². The summed E-state index contributed by atoms with van der Waals surface area (Å²) in [5.41, 5.74) is 5.28. The van der Waals surface area contributed by atoms with Gasteiger partial charge in [-0.15, -0.1) is 0 Å². The number of carbonyl (C=O) groups is 1. The van der Waals surface area contributed by atoms with Gasteiger partial charge in [0, 0.05) is 6.20 Å². The molecule has 2 heterocycles.